The minimum Gasteiger partial charge on any atom is -0.492 e. The summed E-state index contributed by atoms with van der Waals surface area (Å²) in [7, 11) is -3.95. The first-order valence-electron chi connectivity index (χ1n) is 7.14. The molecule has 2 rings (SSSR count). The smallest absolute Gasteiger partial charge is 0.248 e. The third kappa shape index (κ3) is 4.30. The van der Waals surface area contributed by atoms with E-state index in [1.54, 1.807) is 6.92 Å². The Labute approximate surface area is 139 Å². The predicted octanol–water partition coefficient (Wildman–Crippen LogP) is 1.80. The van der Waals surface area contributed by atoms with E-state index in [1.807, 2.05) is 0 Å². The summed E-state index contributed by atoms with van der Waals surface area (Å²) in [6.45, 7) is 1.94. The molecular formula is C16H17FN2O4S. The second kappa shape index (κ2) is 7.41. The molecule has 0 radical (unpaired) electrons. The van der Waals surface area contributed by atoms with E-state index in [9.17, 15) is 17.6 Å². The second-order valence-corrected chi connectivity index (χ2v) is 6.65. The molecule has 0 unspecified atom stereocenters. The molecule has 2 aromatic carbocycles. The van der Waals surface area contributed by atoms with E-state index in [0.29, 0.717) is 5.56 Å². The monoisotopic (exact) mass is 352 g/mol. The van der Waals surface area contributed by atoms with Gasteiger partial charge in [0.15, 0.2) is 0 Å². The molecule has 0 bridgehead atoms. The zero-order valence-electron chi connectivity index (χ0n) is 13.0. The van der Waals surface area contributed by atoms with Gasteiger partial charge in [-0.25, -0.2) is 17.5 Å². The van der Waals surface area contributed by atoms with Gasteiger partial charge in [0.25, 0.3) is 0 Å². The maximum atomic E-state index is 12.9. The van der Waals surface area contributed by atoms with Gasteiger partial charge in [-0.05, 0) is 42.8 Å². The maximum absolute atomic E-state index is 12.9. The summed E-state index contributed by atoms with van der Waals surface area (Å²) in [5, 5.41) is 0. The number of halogens is 1. The third-order valence-electron chi connectivity index (χ3n) is 3.20. The fraction of sp³-hybridized carbons (Fsp3) is 0.188. The van der Waals surface area contributed by atoms with Gasteiger partial charge in [0, 0.05) is 12.1 Å². The Morgan fingerprint density at radius 1 is 1.21 bits per heavy atom. The SMILES string of the molecule is CCOc1ccc(C(N)=O)cc1S(=O)(=O)NCc1ccc(F)cc1. The predicted molar refractivity (Wildman–Crippen MR) is 86.6 cm³/mol. The average molecular weight is 352 g/mol. The number of carbonyl (C=O) groups excluding carboxylic acids is 1. The molecule has 1 amide bonds. The van der Waals surface area contributed by atoms with Crippen LogP contribution in [0.2, 0.25) is 0 Å². The van der Waals surface area contributed by atoms with Gasteiger partial charge in [0.2, 0.25) is 15.9 Å². The maximum Gasteiger partial charge on any atom is 0.248 e. The number of rotatable bonds is 7. The number of primary amides is 1. The van der Waals surface area contributed by atoms with Crippen LogP contribution < -0.4 is 15.2 Å². The number of amides is 1. The lowest BCUT2D eigenvalue weighted by atomic mass is 10.2. The first kappa shape index (κ1) is 17.9. The molecule has 128 valence electrons. The van der Waals surface area contributed by atoms with Crippen LogP contribution in [0.15, 0.2) is 47.4 Å². The Morgan fingerprint density at radius 3 is 2.46 bits per heavy atom. The molecule has 0 aromatic heterocycles. The standard InChI is InChI=1S/C16H17FN2O4S/c1-2-23-14-8-5-12(16(18)20)9-15(14)24(21,22)19-10-11-3-6-13(17)7-4-11/h3-9,19H,2,10H2,1H3,(H2,18,20). The van der Waals surface area contributed by atoms with Crippen molar-refractivity contribution < 1.29 is 22.3 Å². The van der Waals surface area contributed by atoms with E-state index in [0.717, 1.165) is 0 Å². The van der Waals surface area contributed by atoms with Crippen molar-refractivity contribution in [3.63, 3.8) is 0 Å². The number of carbonyl (C=O) groups is 1. The Hall–Kier alpha value is -2.45. The van der Waals surface area contributed by atoms with Gasteiger partial charge in [-0.2, -0.15) is 0 Å². The van der Waals surface area contributed by atoms with Crippen molar-refractivity contribution in [1.82, 2.24) is 4.72 Å². The van der Waals surface area contributed by atoms with Gasteiger partial charge >= 0.3 is 0 Å². The largest absolute Gasteiger partial charge is 0.492 e. The van der Waals surface area contributed by atoms with Crippen LogP contribution in [0.3, 0.4) is 0 Å². The summed E-state index contributed by atoms with van der Waals surface area (Å²) >= 11 is 0. The number of nitrogens with one attached hydrogen (secondary N) is 1. The number of nitrogens with two attached hydrogens (primary N) is 1. The van der Waals surface area contributed by atoms with Crippen LogP contribution in [0.4, 0.5) is 4.39 Å². The van der Waals surface area contributed by atoms with Gasteiger partial charge in [0.1, 0.15) is 16.5 Å². The van der Waals surface area contributed by atoms with Crippen molar-refractivity contribution >= 4 is 15.9 Å². The molecule has 0 saturated carbocycles. The Balaban J connectivity index is 2.30. The minimum absolute atomic E-state index is 0.0328. The first-order chi connectivity index (χ1) is 11.3. The highest BCUT2D eigenvalue weighted by Crippen LogP contribution is 2.25. The van der Waals surface area contributed by atoms with Gasteiger partial charge in [0.05, 0.1) is 6.61 Å². The molecule has 0 atom stereocenters. The lowest BCUT2D eigenvalue weighted by molar-refractivity contribution is 0.1000. The van der Waals surface area contributed by atoms with Crippen LogP contribution in [0, 0.1) is 5.82 Å². The van der Waals surface area contributed by atoms with Crippen molar-refractivity contribution in [2.45, 2.75) is 18.4 Å². The topological polar surface area (TPSA) is 98.5 Å². The summed E-state index contributed by atoms with van der Waals surface area (Å²) in [5.41, 5.74) is 5.84. The zero-order chi connectivity index (χ0) is 17.7. The highest BCUT2D eigenvalue weighted by atomic mass is 32.2. The summed E-state index contributed by atoms with van der Waals surface area (Å²) in [5.74, 6) is -1.03. The van der Waals surface area contributed by atoms with Crippen molar-refractivity contribution in [2.24, 2.45) is 5.73 Å². The van der Waals surface area contributed by atoms with Crippen LogP contribution >= 0.6 is 0 Å². The number of benzene rings is 2. The van der Waals surface area contributed by atoms with Crippen molar-refractivity contribution in [2.75, 3.05) is 6.61 Å². The van der Waals surface area contributed by atoms with Crippen molar-refractivity contribution in [3.8, 4) is 5.75 Å². The molecule has 0 aliphatic rings. The van der Waals surface area contributed by atoms with Crippen molar-refractivity contribution in [1.29, 1.82) is 0 Å². The summed E-state index contributed by atoms with van der Waals surface area (Å²) < 4.78 is 45.6. The molecule has 6 nitrogen and oxygen atoms in total. The van der Waals surface area contributed by atoms with Gasteiger partial charge < -0.3 is 10.5 Å². The molecule has 0 aliphatic carbocycles. The van der Waals surface area contributed by atoms with Crippen LogP contribution in [-0.4, -0.2) is 20.9 Å². The quantitative estimate of drug-likeness (QED) is 0.794. The molecule has 24 heavy (non-hydrogen) atoms. The van der Waals surface area contributed by atoms with E-state index in [2.05, 4.69) is 4.72 Å². The highest BCUT2D eigenvalue weighted by Gasteiger charge is 2.21. The van der Waals surface area contributed by atoms with Crippen molar-refractivity contribution in [3.05, 3.63) is 59.4 Å². The summed E-state index contributed by atoms with van der Waals surface area (Å²) in [6, 6.07) is 9.37. The molecule has 0 fully saturated rings. The Kier molecular flexibility index (Phi) is 5.53. The highest BCUT2D eigenvalue weighted by molar-refractivity contribution is 7.89. The van der Waals surface area contributed by atoms with E-state index in [1.165, 1.54) is 42.5 Å². The number of sulfonamides is 1. The lowest BCUT2D eigenvalue weighted by Crippen LogP contribution is -2.24. The normalized spacial score (nSPS) is 11.2. The van der Waals surface area contributed by atoms with Crippen LogP contribution in [-0.2, 0) is 16.6 Å². The molecule has 0 heterocycles. The number of hydrogen-bond acceptors (Lipinski definition) is 4. The van der Waals surface area contributed by atoms with Crippen LogP contribution in [0.5, 0.6) is 5.75 Å². The Bertz CT molecular complexity index is 836. The van der Waals surface area contributed by atoms with Gasteiger partial charge in [-0.3, -0.25) is 4.79 Å². The molecular weight excluding hydrogens is 335 g/mol. The molecule has 0 saturated heterocycles. The number of hydrogen-bond donors (Lipinski definition) is 2. The summed E-state index contributed by atoms with van der Waals surface area (Å²) in [4.78, 5) is 11.1. The molecule has 8 heteroatoms. The van der Waals surface area contributed by atoms with E-state index in [4.69, 9.17) is 10.5 Å². The van der Waals surface area contributed by atoms with Gasteiger partial charge in [-0.15, -0.1) is 0 Å². The van der Waals surface area contributed by atoms with E-state index in [-0.39, 0.29) is 29.4 Å². The molecule has 3 N–H and O–H groups in total. The number of ether oxygens (including phenoxy) is 1. The molecule has 0 spiro atoms. The van der Waals surface area contributed by atoms with E-state index < -0.39 is 21.7 Å². The molecule has 2 aromatic rings. The molecule has 0 aliphatic heterocycles. The van der Waals surface area contributed by atoms with E-state index >= 15 is 0 Å². The second-order valence-electron chi connectivity index (χ2n) is 4.91. The lowest BCUT2D eigenvalue weighted by Gasteiger charge is -2.13. The Morgan fingerprint density at radius 2 is 1.88 bits per heavy atom. The van der Waals surface area contributed by atoms with Crippen LogP contribution in [0.25, 0.3) is 0 Å². The fourth-order valence-electron chi connectivity index (χ4n) is 2.00. The third-order valence-corrected chi connectivity index (χ3v) is 4.62. The fourth-order valence-corrected chi connectivity index (χ4v) is 3.19. The minimum atomic E-state index is -3.95. The van der Waals surface area contributed by atoms with Gasteiger partial charge in [-0.1, -0.05) is 12.1 Å². The van der Waals surface area contributed by atoms with Crippen LogP contribution in [0.1, 0.15) is 22.8 Å². The first-order valence-corrected chi connectivity index (χ1v) is 8.62. The zero-order valence-corrected chi connectivity index (χ0v) is 13.8. The summed E-state index contributed by atoms with van der Waals surface area (Å²) in [6.07, 6.45) is 0. The average Bonchev–Trinajstić information content (AvgIpc) is 2.54.